The van der Waals surface area contributed by atoms with Crippen molar-refractivity contribution in [1.29, 1.82) is 0 Å². The number of carbonyl (C=O) groups is 2. The average molecular weight is 295 g/mol. The van der Waals surface area contributed by atoms with Gasteiger partial charge in [0.05, 0.1) is 19.8 Å². The minimum Gasteiger partial charge on any atom is -0.467 e. The number of halogens is 2. The fourth-order valence-corrected chi connectivity index (χ4v) is 1.92. The molecule has 1 saturated heterocycles. The minimum absolute atomic E-state index is 0.0454. The highest BCUT2D eigenvalue weighted by molar-refractivity contribution is 5.82. The van der Waals surface area contributed by atoms with Crippen LogP contribution in [0.5, 0.6) is 0 Å². The van der Waals surface area contributed by atoms with E-state index in [-0.39, 0.29) is 13.0 Å². The van der Waals surface area contributed by atoms with Crippen molar-refractivity contribution in [1.82, 2.24) is 4.90 Å². The molecular formula is C12H19F2NO5. The number of carbonyl (C=O) groups excluding carboxylic acids is 2. The van der Waals surface area contributed by atoms with Crippen molar-refractivity contribution in [2.24, 2.45) is 0 Å². The Hall–Kier alpha value is -1.44. The van der Waals surface area contributed by atoms with Crippen molar-refractivity contribution >= 4 is 12.1 Å². The van der Waals surface area contributed by atoms with Crippen LogP contribution in [-0.2, 0) is 19.0 Å². The number of nitrogens with zero attached hydrogens (tertiary/aromatic N) is 1. The Morgan fingerprint density at radius 2 is 1.90 bits per heavy atom. The second-order valence-electron chi connectivity index (χ2n) is 5.43. The third-order valence-electron chi connectivity index (χ3n) is 2.66. The third-order valence-corrected chi connectivity index (χ3v) is 2.66. The van der Waals surface area contributed by atoms with E-state index in [2.05, 4.69) is 9.47 Å². The number of likely N-dealkylation sites (tertiary alicyclic amines) is 1. The molecule has 0 spiro atoms. The van der Waals surface area contributed by atoms with E-state index in [1.54, 1.807) is 20.8 Å². The first-order chi connectivity index (χ1) is 9.14. The Bertz CT molecular complexity index is 369. The van der Waals surface area contributed by atoms with E-state index in [1.165, 1.54) is 0 Å². The quantitative estimate of drug-likeness (QED) is 0.743. The van der Waals surface area contributed by atoms with Crippen LogP contribution in [0.4, 0.5) is 13.6 Å². The predicted octanol–water partition coefficient (Wildman–Crippen LogP) is 1.78. The first kappa shape index (κ1) is 16.6. The average Bonchev–Trinajstić information content (AvgIpc) is 2.68. The molecule has 0 unspecified atom stereocenters. The van der Waals surface area contributed by atoms with Gasteiger partial charge in [-0.25, -0.2) is 9.59 Å². The van der Waals surface area contributed by atoms with Crippen molar-refractivity contribution < 1.29 is 32.6 Å². The summed E-state index contributed by atoms with van der Waals surface area (Å²) in [7, 11) is 1.16. The SMILES string of the molecule is COC(=O)[C@@H]1C[C@H](OC(F)F)CN1C(=O)OC(C)(C)C. The summed E-state index contributed by atoms with van der Waals surface area (Å²) in [5.74, 6) is -0.684. The van der Waals surface area contributed by atoms with Crippen LogP contribution in [0.25, 0.3) is 0 Å². The predicted molar refractivity (Wildman–Crippen MR) is 64.2 cm³/mol. The largest absolute Gasteiger partial charge is 0.467 e. The Kier molecular flexibility index (Phi) is 5.27. The molecule has 0 radical (unpaired) electrons. The van der Waals surface area contributed by atoms with Gasteiger partial charge in [0, 0.05) is 6.42 Å². The van der Waals surface area contributed by atoms with Gasteiger partial charge >= 0.3 is 18.7 Å². The number of methoxy groups -OCH3 is 1. The molecule has 0 aromatic rings. The highest BCUT2D eigenvalue weighted by atomic mass is 19.3. The lowest BCUT2D eigenvalue weighted by Crippen LogP contribution is -2.44. The summed E-state index contributed by atoms with van der Waals surface area (Å²) >= 11 is 0. The Labute approximate surface area is 116 Å². The summed E-state index contributed by atoms with van der Waals surface area (Å²) < 4.78 is 38.5. The van der Waals surface area contributed by atoms with E-state index in [0.717, 1.165) is 12.0 Å². The summed E-state index contributed by atoms with van der Waals surface area (Å²) in [5.41, 5.74) is -0.751. The van der Waals surface area contributed by atoms with Gasteiger partial charge in [0.15, 0.2) is 0 Å². The van der Waals surface area contributed by atoms with E-state index >= 15 is 0 Å². The van der Waals surface area contributed by atoms with Gasteiger partial charge in [0.25, 0.3) is 0 Å². The molecule has 0 aromatic carbocycles. The molecule has 0 aromatic heterocycles. The van der Waals surface area contributed by atoms with E-state index in [0.29, 0.717) is 0 Å². The smallest absolute Gasteiger partial charge is 0.411 e. The topological polar surface area (TPSA) is 65.1 Å². The van der Waals surface area contributed by atoms with E-state index in [4.69, 9.17) is 4.74 Å². The maximum Gasteiger partial charge on any atom is 0.411 e. The second kappa shape index (κ2) is 6.34. The van der Waals surface area contributed by atoms with Crippen molar-refractivity contribution in [3.8, 4) is 0 Å². The third kappa shape index (κ3) is 4.59. The maximum absolute atomic E-state index is 12.2. The molecule has 8 heteroatoms. The maximum atomic E-state index is 12.2. The first-order valence-electron chi connectivity index (χ1n) is 6.15. The highest BCUT2D eigenvalue weighted by Crippen LogP contribution is 2.25. The lowest BCUT2D eigenvalue weighted by atomic mass is 10.2. The van der Waals surface area contributed by atoms with Gasteiger partial charge in [-0.05, 0) is 20.8 Å². The normalized spacial score (nSPS) is 23.1. The van der Waals surface area contributed by atoms with E-state index in [9.17, 15) is 18.4 Å². The zero-order chi connectivity index (χ0) is 15.5. The number of ether oxygens (including phenoxy) is 3. The standard InChI is InChI=1S/C12H19F2NO5/c1-12(2,3)20-11(17)15-6-7(19-10(13)14)5-8(15)9(16)18-4/h7-8,10H,5-6H2,1-4H3/t7-,8-/m0/s1. The van der Waals surface area contributed by atoms with Crippen LogP contribution in [0.1, 0.15) is 27.2 Å². The monoisotopic (exact) mass is 295 g/mol. The fraction of sp³-hybridized carbons (Fsp3) is 0.833. The van der Waals surface area contributed by atoms with Gasteiger partial charge in [-0.1, -0.05) is 0 Å². The summed E-state index contributed by atoms with van der Waals surface area (Å²) in [4.78, 5) is 24.6. The number of rotatable bonds is 3. The molecule has 1 aliphatic rings. The number of esters is 1. The van der Waals surface area contributed by atoms with Crippen LogP contribution in [0, 0.1) is 0 Å². The molecule has 1 amide bonds. The zero-order valence-corrected chi connectivity index (χ0v) is 11.9. The molecular weight excluding hydrogens is 276 g/mol. The summed E-state index contributed by atoms with van der Waals surface area (Å²) in [6.45, 7) is 1.90. The molecule has 0 saturated carbocycles. The van der Waals surface area contributed by atoms with Crippen LogP contribution in [0.2, 0.25) is 0 Å². The van der Waals surface area contributed by atoms with Crippen molar-refractivity contribution in [3.05, 3.63) is 0 Å². The Morgan fingerprint density at radius 3 is 2.35 bits per heavy atom. The number of alkyl halides is 2. The van der Waals surface area contributed by atoms with Crippen LogP contribution in [-0.4, -0.2) is 55.0 Å². The van der Waals surface area contributed by atoms with E-state index < -0.39 is 36.4 Å². The molecule has 0 N–H and O–H groups in total. The minimum atomic E-state index is -2.96. The zero-order valence-electron chi connectivity index (χ0n) is 11.9. The van der Waals surface area contributed by atoms with E-state index in [1.807, 2.05) is 0 Å². The van der Waals surface area contributed by atoms with Crippen molar-refractivity contribution in [3.63, 3.8) is 0 Å². The molecule has 1 heterocycles. The van der Waals surface area contributed by atoms with Gasteiger partial charge in [0.2, 0.25) is 0 Å². The van der Waals surface area contributed by atoms with Crippen LogP contribution in [0.15, 0.2) is 0 Å². The van der Waals surface area contributed by atoms with Crippen molar-refractivity contribution in [2.75, 3.05) is 13.7 Å². The molecule has 1 rings (SSSR count). The van der Waals surface area contributed by atoms with Gasteiger partial charge < -0.3 is 14.2 Å². The molecule has 6 nitrogen and oxygen atoms in total. The van der Waals surface area contributed by atoms with Crippen LogP contribution >= 0.6 is 0 Å². The first-order valence-corrected chi connectivity index (χ1v) is 6.15. The van der Waals surface area contributed by atoms with Gasteiger partial charge in [-0.3, -0.25) is 4.90 Å². The molecule has 0 bridgehead atoms. The summed E-state index contributed by atoms with van der Waals surface area (Å²) in [6.07, 6.45) is -1.73. The highest BCUT2D eigenvalue weighted by Gasteiger charge is 2.43. The molecule has 1 aliphatic heterocycles. The molecule has 2 atom stereocenters. The van der Waals surface area contributed by atoms with Gasteiger partial charge in [0.1, 0.15) is 11.6 Å². The van der Waals surface area contributed by atoms with Crippen LogP contribution in [0.3, 0.4) is 0 Å². The lowest BCUT2D eigenvalue weighted by molar-refractivity contribution is -0.159. The van der Waals surface area contributed by atoms with Crippen LogP contribution < -0.4 is 0 Å². The van der Waals surface area contributed by atoms with Gasteiger partial charge in [-0.15, -0.1) is 0 Å². The number of amides is 1. The molecule has 0 aliphatic carbocycles. The fourth-order valence-electron chi connectivity index (χ4n) is 1.92. The Balaban J connectivity index is 2.79. The summed E-state index contributed by atoms with van der Waals surface area (Å²) in [5, 5.41) is 0. The number of hydrogen-bond donors (Lipinski definition) is 0. The van der Waals surface area contributed by atoms with Crippen molar-refractivity contribution in [2.45, 2.75) is 51.6 Å². The molecule has 116 valence electrons. The second-order valence-corrected chi connectivity index (χ2v) is 5.43. The number of hydrogen-bond acceptors (Lipinski definition) is 5. The molecule has 1 fully saturated rings. The Morgan fingerprint density at radius 1 is 1.30 bits per heavy atom. The summed E-state index contributed by atoms with van der Waals surface area (Å²) in [6, 6.07) is -0.974. The van der Waals surface area contributed by atoms with Gasteiger partial charge in [-0.2, -0.15) is 8.78 Å². The lowest BCUT2D eigenvalue weighted by Gasteiger charge is -2.27. The molecule has 20 heavy (non-hydrogen) atoms.